The molecule has 2 amide bonds. The molecule has 0 unspecified atom stereocenters. The van der Waals surface area contributed by atoms with Gasteiger partial charge in [0.05, 0.1) is 18.5 Å². The van der Waals surface area contributed by atoms with E-state index in [1.54, 1.807) is 18.5 Å². The van der Waals surface area contributed by atoms with Crippen LogP contribution in [-0.4, -0.2) is 24.1 Å². The minimum Gasteiger partial charge on any atom is -0.463 e. The smallest absolute Gasteiger partial charge is 0.376 e. The predicted molar refractivity (Wildman–Crippen MR) is 137 cm³/mol. The van der Waals surface area contributed by atoms with Crippen LogP contribution in [0.4, 0.5) is 21.9 Å². The molecule has 0 saturated heterocycles. The molecule has 4 rings (SSSR count). The Morgan fingerprint density at radius 3 is 2.20 bits per heavy atom. The highest BCUT2D eigenvalue weighted by Crippen LogP contribution is 2.32. The third kappa shape index (κ3) is 5.43. The summed E-state index contributed by atoms with van der Waals surface area (Å²) in [6.45, 7) is 6.50. The Balaban J connectivity index is 1.56. The highest BCUT2D eigenvalue weighted by atomic mass is 16.5. The van der Waals surface area contributed by atoms with Crippen molar-refractivity contribution in [2.45, 2.75) is 32.7 Å². The highest BCUT2D eigenvalue weighted by Gasteiger charge is 2.26. The summed E-state index contributed by atoms with van der Waals surface area (Å²) in [5.41, 5.74) is 2.59. The van der Waals surface area contributed by atoms with Crippen molar-refractivity contribution in [1.82, 2.24) is 4.98 Å². The number of amides is 2. The van der Waals surface area contributed by atoms with E-state index in [4.69, 9.17) is 9.15 Å². The van der Waals surface area contributed by atoms with Crippen molar-refractivity contribution in [1.29, 1.82) is 0 Å². The van der Waals surface area contributed by atoms with Crippen LogP contribution in [0.3, 0.4) is 0 Å². The van der Waals surface area contributed by atoms with Crippen LogP contribution < -0.4 is 16.0 Å². The number of nitrogens with one attached hydrogen (secondary N) is 3. The first-order valence-corrected chi connectivity index (χ1v) is 11.2. The largest absolute Gasteiger partial charge is 0.463 e. The zero-order valence-electron chi connectivity index (χ0n) is 20.1. The molecule has 2 aromatic heterocycles. The van der Waals surface area contributed by atoms with E-state index in [1.807, 2.05) is 69.3 Å². The van der Waals surface area contributed by atoms with Crippen LogP contribution in [0.5, 0.6) is 0 Å². The molecule has 0 aliphatic rings. The molecule has 0 atom stereocenters. The first-order valence-electron chi connectivity index (χ1n) is 11.2. The van der Waals surface area contributed by atoms with Crippen LogP contribution >= 0.6 is 0 Å². The van der Waals surface area contributed by atoms with Crippen molar-refractivity contribution >= 4 is 39.8 Å². The standard InChI is InChI=1S/C27H28N4O4/c1-27(2,3)23-15-22(24(35-23)25(32)34-4)31-26(33)30-21-10-9-20(18-7-5-6-8-19(18)21)29-16-17-11-13-28-14-12-17/h5-15,29H,16H2,1-4H3,(H2,30,31,33). The number of hydrogen-bond donors (Lipinski definition) is 3. The summed E-state index contributed by atoms with van der Waals surface area (Å²) >= 11 is 0. The van der Waals surface area contributed by atoms with E-state index in [9.17, 15) is 9.59 Å². The summed E-state index contributed by atoms with van der Waals surface area (Å²) in [5, 5.41) is 10.9. The van der Waals surface area contributed by atoms with Gasteiger partial charge in [-0.3, -0.25) is 4.98 Å². The number of nitrogens with zero attached hydrogens (tertiary/aromatic N) is 1. The minimum atomic E-state index is -0.661. The van der Waals surface area contributed by atoms with Gasteiger partial charge in [0, 0.05) is 46.9 Å². The monoisotopic (exact) mass is 472 g/mol. The number of benzene rings is 2. The zero-order valence-corrected chi connectivity index (χ0v) is 20.1. The van der Waals surface area contributed by atoms with Gasteiger partial charge in [0.25, 0.3) is 0 Å². The number of rotatable bonds is 6. The minimum absolute atomic E-state index is 0.0481. The van der Waals surface area contributed by atoms with Crippen molar-refractivity contribution in [3.63, 3.8) is 0 Å². The first-order chi connectivity index (χ1) is 16.8. The molecule has 2 aromatic carbocycles. The maximum Gasteiger partial charge on any atom is 0.376 e. The number of ether oxygens (including phenoxy) is 1. The maximum atomic E-state index is 12.9. The SMILES string of the molecule is COC(=O)c1oc(C(C)(C)C)cc1NC(=O)Nc1ccc(NCc2ccncc2)c2ccccc12. The predicted octanol–water partition coefficient (Wildman–Crippen LogP) is 6.17. The van der Waals surface area contributed by atoms with E-state index >= 15 is 0 Å². The molecule has 0 fully saturated rings. The fourth-order valence-electron chi connectivity index (χ4n) is 3.63. The molecule has 35 heavy (non-hydrogen) atoms. The fourth-order valence-corrected chi connectivity index (χ4v) is 3.63. The Kier molecular flexibility index (Phi) is 6.73. The molecule has 0 aliphatic heterocycles. The average Bonchev–Trinajstić information content (AvgIpc) is 3.28. The molecule has 0 spiro atoms. The number of anilines is 3. The molecule has 0 aliphatic carbocycles. The van der Waals surface area contributed by atoms with E-state index in [0.29, 0.717) is 18.0 Å². The maximum absolute atomic E-state index is 12.9. The number of urea groups is 1. The molecular formula is C27H28N4O4. The van der Waals surface area contributed by atoms with Crippen LogP contribution in [-0.2, 0) is 16.7 Å². The summed E-state index contributed by atoms with van der Waals surface area (Å²) in [6.07, 6.45) is 3.52. The number of carbonyl (C=O) groups is 2. The van der Waals surface area contributed by atoms with Gasteiger partial charge in [-0.2, -0.15) is 0 Å². The van der Waals surface area contributed by atoms with Crippen LogP contribution in [0.2, 0.25) is 0 Å². The second-order valence-corrected chi connectivity index (χ2v) is 9.09. The van der Waals surface area contributed by atoms with Gasteiger partial charge in [-0.25, -0.2) is 9.59 Å². The molecule has 8 heteroatoms. The number of methoxy groups -OCH3 is 1. The Bertz CT molecular complexity index is 1360. The second kappa shape index (κ2) is 9.89. The molecular weight excluding hydrogens is 444 g/mol. The van der Waals surface area contributed by atoms with E-state index < -0.39 is 12.0 Å². The van der Waals surface area contributed by atoms with Gasteiger partial charge in [-0.15, -0.1) is 0 Å². The van der Waals surface area contributed by atoms with Crippen LogP contribution in [0.1, 0.15) is 42.6 Å². The number of pyridine rings is 1. The summed E-state index contributed by atoms with van der Waals surface area (Å²) < 4.78 is 10.5. The molecule has 4 aromatic rings. The van der Waals surface area contributed by atoms with E-state index in [1.165, 1.54) is 7.11 Å². The molecule has 2 heterocycles. The van der Waals surface area contributed by atoms with Gasteiger partial charge in [-0.05, 0) is 29.8 Å². The van der Waals surface area contributed by atoms with Gasteiger partial charge in [-0.1, -0.05) is 45.0 Å². The lowest BCUT2D eigenvalue weighted by Crippen LogP contribution is -2.20. The Hall–Kier alpha value is -4.33. The van der Waals surface area contributed by atoms with E-state index in [0.717, 1.165) is 22.0 Å². The Morgan fingerprint density at radius 2 is 1.54 bits per heavy atom. The summed E-state index contributed by atoms with van der Waals surface area (Å²) in [5.74, 6) is -0.151. The third-order valence-corrected chi connectivity index (χ3v) is 5.49. The average molecular weight is 473 g/mol. The first kappa shape index (κ1) is 23.8. The molecule has 180 valence electrons. The lowest BCUT2D eigenvalue weighted by atomic mass is 9.93. The number of furan rings is 1. The normalized spacial score (nSPS) is 11.2. The highest BCUT2D eigenvalue weighted by molar-refractivity contribution is 6.10. The van der Waals surface area contributed by atoms with Crippen molar-refractivity contribution in [3.8, 4) is 0 Å². The molecule has 0 radical (unpaired) electrons. The van der Waals surface area contributed by atoms with Crippen LogP contribution in [0.15, 0.2) is 71.4 Å². The number of hydrogen-bond acceptors (Lipinski definition) is 6. The van der Waals surface area contributed by atoms with Gasteiger partial charge < -0.3 is 25.1 Å². The Morgan fingerprint density at radius 1 is 0.914 bits per heavy atom. The van der Waals surface area contributed by atoms with E-state index in [-0.39, 0.29) is 16.9 Å². The summed E-state index contributed by atoms with van der Waals surface area (Å²) in [6, 6.07) is 16.6. The van der Waals surface area contributed by atoms with Crippen molar-refractivity contribution in [2.75, 3.05) is 23.1 Å². The Labute approximate surface area is 203 Å². The van der Waals surface area contributed by atoms with Gasteiger partial charge in [0.2, 0.25) is 5.76 Å². The summed E-state index contributed by atoms with van der Waals surface area (Å²) in [7, 11) is 1.27. The molecule has 8 nitrogen and oxygen atoms in total. The van der Waals surface area contributed by atoms with Crippen molar-refractivity contribution < 1.29 is 18.7 Å². The lowest BCUT2D eigenvalue weighted by molar-refractivity contribution is 0.0563. The molecule has 0 bridgehead atoms. The number of carbonyl (C=O) groups excluding carboxylic acids is 2. The van der Waals surface area contributed by atoms with Gasteiger partial charge in [0.15, 0.2) is 0 Å². The third-order valence-electron chi connectivity index (χ3n) is 5.49. The number of fused-ring (bicyclic) bond motifs is 1. The zero-order chi connectivity index (χ0) is 25.0. The van der Waals surface area contributed by atoms with E-state index in [2.05, 4.69) is 20.9 Å². The molecule has 0 saturated carbocycles. The summed E-state index contributed by atoms with van der Waals surface area (Å²) in [4.78, 5) is 29.1. The van der Waals surface area contributed by atoms with Crippen molar-refractivity contribution in [3.05, 3.63) is 84.1 Å². The number of esters is 1. The quantitative estimate of drug-likeness (QED) is 0.290. The number of aromatic nitrogens is 1. The fraction of sp³-hybridized carbons (Fsp3) is 0.222. The van der Waals surface area contributed by atoms with Crippen LogP contribution in [0, 0.1) is 0 Å². The van der Waals surface area contributed by atoms with Gasteiger partial charge in [0.1, 0.15) is 5.76 Å². The van der Waals surface area contributed by atoms with Crippen molar-refractivity contribution in [2.24, 2.45) is 0 Å². The second-order valence-electron chi connectivity index (χ2n) is 9.09. The molecule has 3 N–H and O–H groups in total. The van der Waals surface area contributed by atoms with Gasteiger partial charge >= 0.3 is 12.0 Å². The lowest BCUT2D eigenvalue weighted by Gasteiger charge is -2.14. The topological polar surface area (TPSA) is 105 Å². The van der Waals surface area contributed by atoms with Crippen LogP contribution in [0.25, 0.3) is 10.8 Å².